The van der Waals surface area contributed by atoms with Gasteiger partial charge in [0.1, 0.15) is 17.7 Å². The van der Waals surface area contributed by atoms with Gasteiger partial charge in [0.05, 0.1) is 0 Å². The van der Waals surface area contributed by atoms with Crippen LogP contribution in [0.1, 0.15) is 69.2 Å². The van der Waals surface area contributed by atoms with Crippen LogP contribution >= 0.6 is 0 Å². The van der Waals surface area contributed by atoms with Crippen LogP contribution in [0.15, 0.2) is 48.5 Å². The molecule has 3 rings (SSSR count). The van der Waals surface area contributed by atoms with E-state index in [0.29, 0.717) is 29.7 Å². The van der Waals surface area contributed by atoms with Gasteiger partial charge < -0.3 is 26.0 Å². The van der Waals surface area contributed by atoms with Crippen LogP contribution < -0.4 is 16.4 Å². The molecule has 9 nitrogen and oxygen atoms in total. The maximum atomic E-state index is 14.1. The number of aryl methyl sites for hydroxylation is 1. The Labute approximate surface area is 229 Å². The molecule has 0 bridgehead atoms. The van der Waals surface area contributed by atoms with Crippen molar-refractivity contribution in [3.05, 3.63) is 65.2 Å². The number of hydrogen-bond acceptors (Lipinski definition) is 5. The van der Waals surface area contributed by atoms with Crippen molar-refractivity contribution in [3.8, 4) is 12.3 Å². The smallest absolute Gasteiger partial charge is 0.408 e. The Balaban J connectivity index is 2.04. The minimum Gasteiger partial charge on any atom is -0.444 e. The van der Waals surface area contributed by atoms with Crippen LogP contribution in [0, 0.1) is 19.3 Å². The molecule has 1 fully saturated rings. The summed E-state index contributed by atoms with van der Waals surface area (Å²) < 4.78 is 5.36. The molecule has 2 unspecified atom stereocenters. The molecular weight excluding hydrogens is 496 g/mol. The minimum absolute atomic E-state index is 0.0560. The van der Waals surface area contributed by atoms with Gasteiger partial charge in [0, 0.05) is 23.7 Å². The summed E-state index contributed by atoms with van der Waals surface area (Å²) >= 11 is 0. The van der Waals surface area contributed by atoms with E-state index in [1.54, 1.807) is 57.2 Å². The molecule has 0 aliphatic heterocycles. The number of nitrogens with zero attached hydrogens (tertiary/aromatic N) is 1. The van der Waals surface area contributed by atoms with Crippen LogP contribution in [0.4, 0.5) is 10.5 Å². The molecule has 1 saturated carbocycles. The highest BCUT2D eigenvalue weighted by molar-refractivity contribution is 6.00. The van der Waals surface area contributed by atoms with Gasteiger partial charge in [0.2, 0.25) is 11.8 Å². The quantitative estimate of drug-likeness (QED) is 0.401. The van der Waals surface area contributed by atoms with Gasteiger partial charge in [-0.25, -0.2) is 4.79 Å². The molecule has 4 N–H and O–H groups in total. The van der Waals surface area contributed by atoms with Crippen molar-refractivity contribution in [1.29, 1.82) is 0 Å². The first-order valence-corrected chi connectivity index (χ1v) is 12.9. The maximum Gasteiger partial charge on any atom is 0.408 e. The number of anilines is 1. The van der Waals surface area contributed by atoms with E-state index in [1.165, 1.54) is 4.90 Å². The first kappa shape index (κ1) is 29.2. The van der Waals surface area contributed by atoms with Gasteiger partial charge in [-0.15, -0.1) is 6.42 Å². The second kappa shape index (κ2) is 12.5. The van der Waals surface area contributed by atoms with E-state index in [1.807, 2.05) is 19.1 Å². The summed E-state index contributed by atoms with van der Waals surface area (Å²) in [6.07, 6.45) is 6.12. The third-order valence-electron chi connectivity index (χ3n) is 6.20. The van der Waals surface area contributed by atoms with Gasteiger partial charge in [-0.2, -0.15) is 0 Å². The third kappa shape index (κ3) is 8.08. The fraction of sp³-hybridized carbons (Fsp3) is 0.400. The van der Waals surface area contributed by atoms with E-state index in [2.05, 4.69) is 16.6 Å². The number of terminal acetylenes is 1. The Hall–Kier alpha value is -4.32. The summed E-state index contributed by atoms with van der Waals surface area (Å²) in [5.74, 6) is 1.02. The van der Waals surface area contributed by atoms with E-state index in [-0.39, 0.29) is 18.9 Å². The van der Waals surface area contributed by atoms with Gasteiger partial charge in [-0.05, 0) is 70.2 Å². The molecule has 2 atom stereocenters. The zero-order valence-electron chi connectivity index (χ0n) is 22.8. The fourth-order valence-electron chi connectivity index (χ4n) is 4.24. The van der Waals surface area contributed by atoms with Crippen LogP contribution in [0.3, 0.4) is 0 Å². The van der Waals surface area contributed by atoms with Crippen molar-refractivity contribution in [1.82, 2.24) is 10.2 Å². The lowest BCUT2D eigenvalue weighted by Gasteiger charge is -2.35. The van der Waals surface area contributed by atoms with Gasteiger partial charge in [-0.3, -0.25) is 14.4 Å². The van der Waals surface area contributed by atoms with Crippen molar-refractivity contribution in [2.24, 2.45) is 5.73 Å². The lowest BCUT2D eigenvalue weighted by atomic mass is 9.96. The fourth-order valence-corrected chi connectivity index (χ4v) is 4.24. The van der Waals surface area contributed by atoms with E-state index in [0.717, 1.165) is 5.56 Å². The zero-order valence-corrected chi connectivity index (χ0v) is 22.8. The molecular formula is C30H36N4O5. The van der Waals surface area contributed by atoms with Crippen LogP contribution in [0.5, 0.6) is 0 Å². The summed E-state index contributed by atoms with van der Waals surface area (Å²) in [6.45, 7) is 6.97. The highest BCUT2D eigenvalue weighted by Gasteiger charge is 2.44. The molecule has 0 aromatic heterocycles. The standard InChI is InChI=1S/C30H36N4O5/c1-6-20-12-8-9-13-22(20)26(27(36)32-23-14-10-7-11-19(23)2)34(21-15-16-21)28(37)24(17-18-25(31)35)33-29(38)39-30(3,4)5/h1,7-14,21,24,26H,15-18H2,2-5H3,(H2,31,35)(H,32,36)(H,33,38). The number of para-hydroxylation sites is 1. The largest absolute Gasteiger partial charge is 0.444 e. The highest BCUT2D eigenvalue weighted by Crippen LogP contribution is 2.37. The Kier molecular flexibility index (Phi) is 9.36. The summed E-state index contributed by atoms with van der Waals surface area (Å²) in [5.41, 5.74) is 6.96. The molecule has 9 heteroatoms. The summed E-state index contributed by atoms with van der Waals surface area (Å²) in [7, 11) is 0. The number of amides is 4. The number of hydrogen-bond donors (Lipinski definition) is 3. The van der Waals surface area contributed by atoms with Gasteiger partial charge in [0.15, 0.2) is 0 Å². The van der Waals surface area contributed by atoms with Gasteiger partial charge >= 0.3 is 6.09 Å². The zero-order chi connectivity index (χ0) is 28.7. The Bertz CT molecular complexity index is 1270. The normalized spacial score (nSPS) is 14.3. The summed E-state index contributed by atoms with van der Waals surface area (Å²) in [5, 5.41) is 5.54. The van der Waals surface area contributed by atoms with Crippen molar-refractivity contribution in [2.45, 2.75) is 77.1 Å². The first-order valence-electron chi connectivity index (χ1n) is 12.9. The SMILES string of the molecule is C#Cc1ccccc1C(C(=O)Nc1ccccc1C)N(C(=O)C(CCC(N)=O)NC(=O)OC(C)(C)C)C1CC1. The number of nitrogens with one attached hydrogen (secondary N) is 2. The number of carbonyl (C=O) groups excluding carboxylic acids is 4. The number of primary amides is 1. The molecule has 2 aromatic rings. The first-order chi connectivity index (χ1) is 18.4. The second-order valence-electron chi connectivity index (χ2n) is 10.6. The van der Waals surface area contributed by atoms with Crippen molar-refractivity contribution in [2.75, 3.05) is 5.32 Å². The van der Waals surface area contributed by atoms with E-state index in [9.17, 15) is 19.2 Å². The number of rotatable bonds is 10. The molecule has 0 spiro atoms. The topological polar surface area (TPSA) is 131 Å². The lowest BCUT2D eigenvalue weighted by Crippen LogP contribution is -2.53. The summed E-state index contributed by atoms with van der Waals surface area (Å²) in [4.78, 5) is 53.8. The Morgan fingerprint density at radius 1 is 1.10 bits per heavy atom. The molecule has 1 aliphatic rings. The van der Waals surface area contributed by atoms with Crippen LogP contribution in [-0.2, 0) is 19.1 Å². The van der Waals surface area contributed by atoms with Crippen LogP contribution in [-0.4, -0.2) is 46.4 Å². The molecule has 0 heterocycles. The molecule has 2 aromatic carbocycles. The van der Waals surface area contributed by atoms with Gasteiger partial charge in [-0.1, -0.05) is 42.3 Å². The van der Waals surface area contributed by atoms with Crippen molar-refractivity contribution >= 4 is 29.5 Å². The van der Waals surface area contributed by atoms with E-state index >= 15 is 0 Å². The molecule has 4 amide bonds. The number of nitrogens with two attached hydrogens (primary N) is 1. The van der Waals surface area contributed by atoms with E-state index in [4.69, 9.17) is 16.9 Å². The molecule has 0 saturated heterocycles. The third-order valence-corrected chi connectivity index (χ3v) is 6.20. The van der Waals surface area contributed by atoms with Gasteiger partial charge in [0.25, 0.3) is 5.91 Å². The lowest BCUT2D eigenvalue weighted by molar-refractivity contribution is -0.141. The summed E-state index contributed by atoms with van der Waals surface area (Å²) in [6, 6.07) is 11.8. The number of carbonyl (C=O) groups is 4. The second-order valence-corrected chi connectivity index (χ2v) is 10.6. The molecule has 206 valence electrons. The maximum absolute atomic E-state index is 14.1. The number of ether oxygens (including phenoxy) is 1. The number of benzene rings is 2. The highest BCUT2D eigenvalue weighted by atomic mass is 16.6. The Morgan fingerprint density at radius 2 is 1.74 bits per heavy atom. The number of alkyl carbamates (subject to hydrolysis) is 1. The predicted molar refractivity (Wildman–Crippen MR) is 148 cm³/mol. The molecule has 39 heavy (non-hydrogen) atoms. The average molecular weight is 533 g/mol. The minimum atomic E-state index is -1.15. The predicted octanol–water partition coefficient (Wildman–Crippen LogP) is 3.81. The van der Waals surface area contributed by atoms with E-state index < -0.39 is 41.5 Å². The van der Waals surface area contributed by atoms with Crippen molar-refractivity contribution < 1.29 is 23.9 Å². The molecule has 1 aliphatic carbocycles. The molecule has 0 radical (unpaired) electrons. The Morgan fingerprint density at radius 3 is 2.33 bits per heavy atom. The van der Waals surface area contributed by atoms with Crippen molar-refractivity contribution in [3.63, 3.8) is 0 Å². The van der Waals surface area contributed by atoms with Crippen LogP contribution in [0.25, 0.3) is 0 Å². The monoisotopic (exact) mass is 532 g/mol. The van der Waals surface area contributed by atoms with Crippen LogP contribution in [0.2, 0.25) is 0 Å². The average Bonchev–Trinajstić information content (AvgIpc) is 3.70.